The van der Waals surface area contributed by atoms with Crippen molar-refractivity contribution in [3.63, 3.8) is 0 Å². The van der Waals surface area contributed by atoms with Gasteiger partial charge in [-0.3, -0.25) is 0 Å². The summed E-state index contributed by atoms with van der Waals surface area (Å²) in [5.41, 5.74) is 6.94. The maximum Gasteiger partial charge on any atom is 0.408 e. The molecule has 4 aromatic rings. The summed E-state index contributed by atoms with van der Waals surface area (Å²) in [7, 11) is 0. The number of alkyl carbamates (subject to hydrolysis) is 1. The van der Waals surface area contributed by atoms with Crippen molar-refractivity contribution in [2.45, 2.75) is 12.0 Å². The van der Waals surface area contributed by atoms with E-state index in [1.54, 1.807) is 12.1 Å². The molecule has 0 aromatic heterocycles. The third-order valence-corrected chi connectivity index (χ3v) is 6.20. The largest absolute Gasteiger partial charge is 0.479 e. The molecule has 4 aromatic carbocycles. The molecule has 0 unspecified atom stereocenters. The molecule has 5 rings (SSSR count). The first-order valence-electron chi connectivity index (χ1n) is 11.1. The van der Waals surface area contributed by atoms with Crippen LogP contribution in [0.4, 0.5) is 4.79 Å². The standard InChI is InChI=1S/C29H23NO4/c31-28(32)27(21-16-14-20(15-17-21)19-8-2-1-3-9-19)30-29(33)34-18-26-24-12-6-4-10-22(24)23-11-5-7-13-25(23)26/h1-17,26-27H,18H2,(H,30,33)(H,31,32)/t27-/m1/s1. The summed E-state index contributed by atoms with van der Waals surface area (Å²) in [6.45, 7) is 0.124. The molecule has 0 fully saturated rings. The molecule has 1 aliphatic carbocycles. The number of fused-ring (bicyclic) bond motifs is 3. The van der Waals surface area contributed by atoms with Gasteiger partial charge in [-0.05, 0) is 38.9 Å². The minimum absolute atomic E-state index is 0.0911. The smallest absolute Gasteiger partial charge is 0.408 e. The van der Waals surface area contributed by atoms with Gasteiger partial charge in [0, 0.05) is 5.92 Å². The Morgan fingerprint density at radius 1 is 0.735 bits per heavy atom. The minimum atomic E-state index is -1.21. The number of benzene rings is 4. The average Bonchev–Trinajstić information content (AvgIpc) is 3.20. The predicted octanol–water partition coefficient (Wildman–Crippen LogP) is 6.02. The van der Waals surface area contributed by atoms with Gasteiger partial charge in [0.15, 0.2) is 6.04 Å². The topological polar surface area (TPSA) is 75.6 Å². The van der Waals surface area contributed by atoms with Crippen molar-refractivity contribution in [3.8, 4) is 22.3 Å². The van der Waals surface area contributed by atoms with Crippen LogP contribution in [0.15, 0.2) is 103 Å². The first kappa shape index (κ1) is 21.5. The second-order valence-corrected chi connectivity index (χ2v) is 8.23. The van der Waals surface area contributed by atoms with E-state index in [9.17, 15) is 14.7 Å². The molecule has 0 aliphatic heterocycles. The summed E-state index contributed by atoms with van der Waals surface area (Å²) in [4.78, 5) is 24.5. The van der Waals surface area contributed by atoms with Crippen LogP contribution in [0, 0.1) is 0 Å². The van der Waals surface area contributed by atoms with Gasteiger partial charge in [0.25, 0.3) is 0 Å². The van der Waals surface area contributed by atoms with E-state index in [0.717, 1.165) is 33.4 Å². The van der Waals surface area contributed by atoms with Gasteiger partial charge in [-0.15, -0.1) is 0 Å². The highest BCUT2D eigenvalue weighted by atomic mass is 16.5. The maximum absolute atomic E-state index is 12.6. The van der Waals surface area contributed by atoms with Crippen LogP contribution in [-0.2, 0) is 9.53 Å². The number of carboxylic acids is 1. The maximum atomic E-state index is 12.6. The van der Waals surface area contributed by atoms with Crippen molar-refractivity contribution in [3.05, 3.63) is 120 Å². The molecular formula is C29H23NO4. The zero-order valence-electron chi connectivity index (χ0n) is 18.3. The van der Waals surface area contributed by atoms with Gasteiger partial charge in [-0.25, -0.2) is 9.59 Å². The number of aliphatic carboxylic acids is 1. The predicted molar refractivity (Wildman–Crippen MR) is 130 cm³/mol. The molecule has 168 valence electrons. The van der Waals surface area contributed by atoms with Crippen LogP contribution in [0.5, 0.6) is 0 Å². The molecule has 0 saturated carbocycles. The lowest BCUT2D eigenvalue weighted by Gasteiger charge is -2.18. The molecule has 0 saturated heterocycles. The Hall–Kier alpha value is -4.38. The fourth-order valence-electron chi connectivity index (χ4n) is 4.54. The third-order valence-electron chi connectivity index (χ3n) is 6.20. The molecule has 0 bridgehead atoms. The SMILES string of the molecule is O=C(N[C@@H](C(=O)O)c1ccc(-c2ccccc2)cc1)OCC1c2ccccc2-c2ccccc21. The Morgan fingerprint density at radius 3 is 1.85 bits per heavy atom. The summed E-state index contributed by atoms with van der Waals surface area (Å²) >= 11 is 0. The number of ether oxygens (including phenoxy) is 1. The van der Waals surface area contributed by atoms with Gasteiger partial charge < -0.3 is 15.2 Å². The molecule has 1 atom stereocenters. The van der Waals surface area contributed by atoms with Crippen molar-refractivity contribution in [1.29, 1.82) is 0 Å². The van der Waals surface area contributed by atoms with E-state index in [1.807, 2.05) is 78.9 Å². The van der Waals surface area contributed by atoms with Crippen LogP contribution in [0.3, 0.4) is 0 Å². The van der Waals surface area contributed by atoms with E-state index in [0.29, 0.717) is 5.56 Å². The lowest BCUT2D eigenvalue weighted by atomic mass is 9.98. The van der Waals surface area contributed by atoms with Crippen LogP contribution in [0.2, 0.25) is 0 Å². The van der Waals surface area contributed by atoms with E-state index in [4.69, 9.17) is 4.74 Å². The average molecular weight is 450 g/mol. The Bertz CT molecular complexity index is 1290. The highest BCUT2D eigenvalue weighted by Gasteiger charge is 2.30. The van der Waals surface area contributed by atoms with Gasteiger partial charge in [-0.2, -0.15) is 0 Å². The van der Waals surface area contributed by atoms with Crippen molar-refractivity contribution in [1.82, 2.24) is 5.32 Å². The van der Waals surface area contributed by atoms with Crippen molar-refractivity contribution in [2.75, 3.05) is 6.61 Å². The molecule has 1 amide bonds. The van der Waals surface area contributed by atoms with Crippen molar-refractivity contribution >= 4 is 12.1 Å². The molecule has 5 heteroatoms. The molecule has 0 spiro atoms. The Labute approximate surface area is 197 Å². The highest BCUT2D eigenvalue weighted by Crippen LogP contribution is 2.44. The second-order valence-electron chi connectivity index (χ2n) is 8.23. The normalized spacial score (nSPS) is 12.9. The summed E-state index contributed by atoms with van der Waals surface area (Å²) in [5.74, 6) is -1.24. The summed E-state index contributed by atoms with van der Waals surface area (Å²) in [6, 6.07) is 31.8. The zero-order valence-corrected chi connectivity index (χ0v) is 18.3. The van der Waals surface area contributed by atoms with E-state index in [2.05, 4.69) is 17.4 Å². The molecule has 34 heavy (non-hydrogen) atoms. The Balaban J connectivity index is 1.28. The number of hydrogen-bond acceptors (Lipinski definition) is 3. The van der Waals surface area contributed by atoms with Gasteiger partial charge in [-0.1, -0.05) is 103 Å². The fourth-order valence-corrected chi connectivity index (χ4v) is 4.54. The van der Waals surface area contributed by atoms with Crippen LogP contribution >= 0.6 is 0 Å². The van der Waals surface area contributed by atoms with Crippen LogP contribution in [0.25, 0.3) is 22.3 Å². The molecule has 2 N–H and O–H groups in total. The van der Waals surface area contributed by atoms with E-state index >= 15 is 0 Å². The van der Waals surface area contributed by atoms with Gasteiger partial charge in [0.2, 0.25) is 0 Å². The summed E-state index contributed by atoms with van der Waals surface area (Å²) in [5, 5.41) is 12.2. The van der Waals surface area contributed by atoms with Crippen LogP contribution in [0.1, 0.15) is 28.7 Å². The summed E-state index contributed by atoms with van der Waals surface area (Å²) in [6.07, 6.45) is -0.763. The van der Waals surface area contributed by atoms with Crippen LogP contribution in [-0.4, -0.2) is 23.8 Å². The number of rotatable bonds is 6. The molecule has 1 aliphatic rings. The van der Waals surface area contributed by atoms with Crippen molar-refractivity contribution < 1.29 is 19.4 Å². The van der Waals surface area contributed by atoms with Gasteiger partial charge in [0.1, 0.15) is 6.61 Å². The molecule has 5 nitrogen and oxygen atoms in total. The number of nitrogens with one attached hydrogen (secondary N) is 1. The number of carboxylic acid groups (broad SMARTS) is 1. The quantitative estimate of drug-likeness (QED) is 0.378. The fraction of sp³-hybridized carbons (Fsp3) is 0.103. The number of amides is 1. The van der Waals surface area contributed by atoms with E-state index in [-0.39, 0.29) is 12.5 Å². The van der Waals surface area contributed by atoms with Gasteiger partial charge >= 0.3 is 12.1 Å². The number of hydrogen-bond donors (Lipinski definition) is 2. The second kappa shape index (κ2) is 9.24. The third kappa shape index (κ3) is 4.16. The monoisotopic (exact) mass is 449 g/mol. The molecule has 0 heterocycles. The Kier molecular flexibility index (Phi) is 5.83. The van der Waals surface area contributed by atoms with Gasteiger partial charge in [0.05, 0.1) is 0 Å². The lowest BCUT2D eigenvalue weighted by Crippen LogP contribution is -2.34. The van der Waals surface area contributed by atoms with Crippen molar-refractivity contribution in [2.24, 2.45) is 0 Å². The number of carbonyl (C=O) groups is 2. The van der Waals surface area contributed by atoms with E-state index < -0.39 is 18.1 Å². The molecule has 0 radical (unpaired) electrons. The number of carbonyl (C=O) groups excluding carboxylic acids is 1. The first-order valence-corrected chi connectivity index (χ1v) is 11.1. The highest BCUT2D eigenvalue weighted by molar-refractivity contribution is 5.82. The minimum Gasteiger partial charge on any atom is -0.479 e. The Morgan fingerprint density at radius 2 is 1.26 bits per heavy atom. The molecular weight excluding hydrogens is 426 g/mol. The van der Waals surface area contributed by atoms with E-state index in [1.165, 1.54) is 0 Å². The zero-order chi connectivity index (χ0) is 23.5. The van der Waals surface area contributed by atoms with Crippen LogP contribution < -0.4 is 5.32 Å². The summed E-state index contributed by atoms with van der Waals surface area (Å²) < 4.78 is 5.52. The lowest BCUT2D eigenvalue weighted by molar-refractivity contribution is -0.139. The first-order chi connectivity index (χ1) is 16.6.